The summed E-state index contributed by atoms with van der Waals surface area (Å²) < 4.78 is 34.7. The zero-order chi connectivity index (χ0) is 15.2. The summed E-state index contributed by atoms with van der Waals surface area (Å²) in [5, 5.41) is 2.59. The van der Waals surface area contributed by atoms with Crippen molar-refractivity contribution in [2.75, 3.05) is 20.0 Å². The second-order valence-electron chi connectivity index (χ2n) is 5.36. The van der Waals surface area contributed by atoms with Crippen LogP contribution in [-0.2, 0) is 25.8 Å². The van der Waals surface area contributed by atoms with Crippen LogP contribution in [0, 0.1) is 0 Å². The molecule has 0 saturated carbocycles. The highest BCUT2D eigenvalue weighted by Gasteiger charge is 2.48. The molecule has 1 N–H and O–H groups in total. The zero-order valence-electron chi connectivity index (χ0n) is 11.8. The van der Waals surface area contributed by atoms with E-state index in [0.29, 0.717) is 12.2 Å². The van der Waals surface area contributed by atoms with Gasteiger partial charge in [-0.3, -0.25) is 10.1 Å². The average Bonchev–Trinajstić information content (AvgIpc) is 2.84. The molecule has 0 spiro atoms. The van der Waals surface area contributed by atoms with E-state index in [-0.39, 0.29) is 5.75 Å². The molecule has 7 heteroatoms. The Morgan fingerprint density at radius 1 is 1.33 bits per heavy atom. The Labute approximate surface area is 123 Å². The summed E-state index contributed by atoms with van der Waals surface area (Å²) in [6.45, 7) is 0. The molecule has 0 amide bonds. The van der Waals surface area contributed by atoms with Crippen molar-refractivity contribution in [2.45, 2.75) is 23.8 Å². The molecule has 3 rings (SSSR count). The molecule has 1 aromatic carbocycles. The van der Waals surface area contributed by atoms with Crippen LogP contribution in [0.1, 0.15) is 17.2 Å². The van der Waals surface area contributed by atoms with Crippen LogP contribution in [-0.4, -0.2) is 45.7 Å². The number of hydrogen-bond acceptors (Lipinski definition) is 6. The summed E-state index contributed by atoms with van der Waals surface area (Å²) in [4.78, 5) is 11.7. The van der Waals surface area contributed by atoms with E-state index in [4.69, 9.17) is 4.74 Å². The summed E-state index contributed by atoms with van der Waals surface area (Å²) in [6.07, 6.45) is 0.465. The van der Waals surface area contributed by atoms with E-state index in [1.807, 2.05) is 18.2 Å². The molecule has 1 heterocycles. The van der Waals surface area contributed by atoms with Gasteiger partial charge in [-0.05, 0) is 29.7 Å². The molecule has 6 nitrogen and oxygen atoms in total. The smallest absolute Gasteiger partial charge is 0.323 e. The Bertz CT molecular complexity index is 685. The maximum Gasteiger partial charge on any atom is 0.323 e. The Morgan fingerprint density at radius 2 is 2.10 bits per heavy atom. The second-order valence-corrected chi connectivity index (χ2v) is 7.62. The van der Waals surface area contributed by atoms with Crippen molar-refractivity contribution in [1.82, 2.24) is 5.32 Å². The SMILES string of the molecule is COC(=O)C1CS(=O)(=O)C2Cc3ccc(OC)cc3C2N1. The minimum Gasteiger partial charge on any atom is -0.497 e. The first-order valence-electron chi connectivity index (χ1n) is 6.68. The van der Waals surface area contributed by atoms with Crippen LogP contribution in [0.2, 0.25) is 0 Å². The molecule has 1 saturated heterocycles. The van der Waals surface area contributed by atoms with Gasteiger partial charge in [0.05, 0.1) is 31.3 Å². The molecule has 1 aliphatic heterocycles. The van der Waals surface area contributed by atoms with Gasteiger partial charge in [-0.25, -0.2) is 8.42 Å². The van der Waals surface area contributed by atoms with Gasteiger partial charge >= 0.3 is 5.97 Å². The highest BCUT2D eigenvalue weighted by Crippen LogP contribution is 2.40. The molecule has 2 aliphatic rings. The summed E-state index contributed by atoms with van der Waals surface area (Å²) >= 11 is 0. The van der Waals surface area contributed by atoms with Crippen molar-refractivity contribution in [3.63, 3.8) is 0 Å². The molecular weight excluding hydrogens is 294 g/mol. The first-order valence-corrected chi connectivity index (χ1v) is 8.40. The van der Waals surface area contributed by atoms with Crippen molar-refractivity contribution in [3.8, 4) is 5.75 Å². The van der Waals surface area contributed by atoms with Crippen LogP contribution in [0.15, 0.2) is 18.2 Å². The third-order valence-electron chi connectivity index (χ3n) is 4.21. The molecule has 114 valence electrons. The number of esters is 1. The molecule has 21 heavy (non-hydrogen) atoms. The number of benzene rings is 1. The molecule has 0 bridgehead atoms. The molecule has 3 atom stereocenters. The summed E-state index contributed by atoms with van der Waals surface area (Å²) in [6, 6.07) is 4.33. The van der Waals surface area contributed by atoms with Gasteiger partial charge in [0.15, 0.2) is 9.84 Å². The number of rotatable bonds is 2. The monoisotopic (exact) mass is 311 g/mol. The van der Waals surface area contributed by atoms with Gasteiger partial charge in [0, 0.05) is 0 Å². The number of fused-ring (bicyclic) bond motifs is 3. The van der Waals surface area contributed by atoms with E-state index < -0.39 is 33.1 Å². The van der Waals surface area contributed by atoms with Gasteiger partial charge in [-0.15, -0.1) is 0 Å². The summed E-state index contributed by atoms with van der Waals surface area (Å²) in [5.74, 6) is -0.0893. The highest BCUT2D eigenvalue weighted by atomic mass is 32.2. The largest absolute Gasteiger partial charge is 0.497 e. The number of nitrogens with one attached hydrogen (secondary N) is 1. The third-order valence-corrected chi connectivity index (χ3v) is 6.37. The van der Waals surface area contributed by atoms with E-state index in [2.05, 4.69) is 10.1 Å². The second kappa shape index (κ2) is 4.99. The lowest BCUT2D eigenvalue weighted by molar-refractivity contribution is -0.142. The molecule has 0 aromatic heterocycles. The van der Waals surface area contributed by atoms with Crippen molar-refractivity contribution in [2.24, 2.45) is 0 Å². The van der Waals surface area contributed by atoms with Crippen LogP contribution in [0.5, 0.6) is 5.75 Å². The first-order chi connectivity index (χ1) is 9.96. The number of methoxy groups -OCH3 is 2. The van der Waals surface area contributed by atoms with E-state index in [1.165, 1.54) is 7.11 Å². The van der Waals surface area contributed by atoms with Crippen molar-refractivity contribution in [3.05, 3.63) is 29.3 Å². The lowest BCUT2D eigenvalue weighted by atomic mass is 10.1. The predicted octanol–water partition coefficient (Wildman–Crippen LogP) is 0.221. The average molecular weight is 311 g/mol. The molecule has 1 aliphatic carbocycles. The zero-order valence-corrected chi connectivity index (χ0v) is 12.6. The van der Waals surface area contributed by atoms with E-state index in [9.17, 15) is 13.2 Å². The van der Waals surface area contributed by atoms with Gasteiger partial charge in [0.25, 0.3) is 0 Å². The van der Waals surface area contributed by atoms with Gasteiger partial charge in [-0.2, -0.15) is 0 Å². The Balaban J connectivity index is 2.01. The topological polar surface area (TPSA) is 81.7 Å². The lowest BCUT2D eigenvalue weighted by Crippen LogP contribution is -2.54. The minimum atomic E-state index is -3.36. The fraction of sp³-hybridized carbons (Fsp3) is 0.500. The number of carbonyl (C=O) groups excluding carboxylic acids is 1. The highest BCUT2D eigenvalue weighted by molar-refractivity contribution is 7.92. The quantitative estimate of drug-likeness (QED) is 0.787. The Morgan fingerprint density at radius 3 is 2.76 bits per heavy atom. The molecule has 0 radical (unpaired) electrons. The van der Waals surface area contributed by atoms with Gasteiger partial charge in [0.2, 0.25) is 0 Å². The van der Waals surface area contributed by atoms with Gasteiger partial charge in [-0.1, -0.05) is 6.07 Å². The number of hydrogen-bond donors (Lipinski definition) is 1. The van der Waals surface area contributed by atoms with E-state index >= 15 is 0 Å². The standard InChI is InChI=1S/C14H17NO5S/c1-19-9-4-3-8-5-12-13(10(8)6-9)15-11(14(16)20-2)7-21(12,17)18/h3-4,6,11-13,15H,5,7H2,1-2H3. The predicted molar refractivity (Wildman–Crippen MR) is 76.0 cm³/mol. The van der Waals surface area contributed by atoms with Crippen molar-refractivity contribution in [1.29, 1.82) is 0 Å². The molecule has 1 fully saturated rings. The summed E-state index contributed by atoms with van der Waals surface area (Å²) in [5.41, 5.74) is 1.86. The van der Waals surface area contributed by atoms with Crippen molar-refractivity contribution >= 4 is 15.8 Å². The normalized spacial score (nSPS) is 29.3. The molecular formula is C14H17NO5S. The number of carbonyl (C=O) groups is 1. The minimum absolute atomic E-state index is 0.216. The van der Waals surface area contributed by atoms with Crippen LogP contribution < -0.4 is 10.1 Å². The maximum atomic E-state index is 12.4. The summed E-state index contributed by atoms with van der Waals surface area (Å²) in [7, 11) is -0.532. The van der Waals surface area contributed by atoms with Crippen LogP contribution in [0.3, 0.4) is 0 Å². The lowest BCUT2D eigenvalue weighted by Gasteiger charge is -2.32. The maximum absolute atomic E-state index is 12.4. The molecule has 1 aromatic rings. The Kier molecular flexibility index (Phi) is 3.41. The van der Waals surface area contributed by atoms with Gasteiger partial charge in [0.1, 0.15) is 11.8 Å². The van der Waals surface area contributed by atoms with Crippen molar-refractivity contribution < 1.29 is 22.7 Å². The van der Waals surface area contributed by atoms with Crippen LogP contribution >= 0.6 is 0 Å². The fourth-order valence-corrected chi connectivity index (χ4v) is 5.16. The fourth-order valence-electron chi connectivity index (χ4n) is 3.14. The van der Waals surface area contributed by atoms with Crippen LogP contribution in [0.4, 0.5) is 0 Å². The van der Waals surface area contributed by atoms with E-state index in [0.717, 1.165) is 11.1 Å². The van der Waals surface area contributed by atoms with E-state index in [1.54, 1.807) is 7.11 Å². The number of sulfone groups is 1. The third kappa shape index (κ3) is 2.30. The molecule has 3 unspecified atom stereocenters. The number of ether oxygens (including phenoxy) is 2. The Hall–Kier alpha value is -1.60. The van der Waals surface area contributed by atoms with Crippen LogP contribution in [0.25, 0.3) is 0 Å². The first kappa shape index (κ1) is 14.3. The van der Waals surface area contributed by atoms with Gasteiger partial charge < -0.3 is 9.47 Å².